The minimum Gasteiger partial charge on any atom is -0.327 e. The Morgan fingerprint density at radius 2 is 1.30 bits per heavy atom. The number of amides is 1. The molecule has 134 valence electrons. The normalized spacial score (nSPS) is 16.4. The largest absolute Gasteiger partial charge is 0.327 e. The Bertz CT molecular complexity index is 922. The van der Waals surface area contributed by atoms with Crippen LogP contribution in [0.3, 0.4) is 0 Å². The maximum absolute atomic E-state index is 13.2. The van der Waals surface area contributed by atoms with Crippen LogP contribution in [0.5, 0.6) is 0 Å². The molecule has 0 bridgehead atoms. The van der Waals surface area contributed by atoms with Crippen molar-refractivity contribution in [2.45, 2.75) is 23.9 Å². The van der Waals surface area contributed by atoms with Crippen molar-refractivity contribution in [2.75, 3.05) is 0 Å². The summed E-state index contributed by atoms with van der Waals surface area (Å²) in [4.78, 5) is 17.1. The first-order valence-electron chi connectivity index (χ1n) is 9.13. The Kier molecular flexibility index (Phi) is 5.40. The maximum atomic E-state index is 13.2. The summed E-state index contributed by atoms with van der Waals surface area (Å²) in [6.45, 7) is 0.631. The summed E-state index contributed by atoms with van der Waals surface area (Å²) >= 11 is 1.56. The number of carbonyl (C=O) groups excluding carboxylic acids is 1. The predicted octanol–water partition coefficient (Wildman–Crippen LogP) is 5.32. The maximum Gasteiger partial charge on any atom is 0.261 e. The lowest BCUT2D eigenvalue weighted by atomic mass is 10.1. The highest BCUT2D eigenvalue weighted by molar-refractivity contribution is 8.04. The number of hydrogen-bond donors (Lipinski definition) is 0. The zero-order valence-electron chi connectivity index (χ0n) is 15.0. The first-order valence-corrected chi connectivity index (χ1v) is 9.95. The van der Waals surface area contributed by atoms with Crippen LogP contribution >= 0.6 is 11.8 Å². The van der Waals surface area contributed by atoms with E-state index in [0.717, 1.165) is 21.8 Å². The zero-order chi connectivity index (χ0) is 18.5. The van der Waals surface area contributed by atoms with Gasteiger partial charge in [0.25, 0.3) is 5.91 Å². The summed E-state index contributed by atoms with van der Waals surface area (Å²) in [6, 6.07) is 30.8. The first kappa shape index (κ1) is 17.6. The SMILES string of the molecule is O=C1C(Sc2ccccc2)=C[C@H](Cc2ccccc2)N1Cc1ccccc1. The van der Waals surface area contributed by atoms with Gasteiger partial charge in [-0.2, -0.15) is 0 Å². The molecule has 4 rings (SSSR count). The van der Waals surface area contributed by atoms with Crippen molar-refractivity contribution >= 4 is 17.7 Å². The monoisotopic (exact) mass is 371 g/mol. The predicted molar refractivity (Wildman–Crippen MR) is 111 cm³/mol. The molecule has 1 atom stereocenters. The van der Waals surface area contributed by atoms with Crippen molar-refractivity contribution in [3.8, 4) is 0 Å². The van der Waals surface area contributed by atoms with Crippen LogP contribution in [0.2, 0.25) is 0 Å². The molecule has 0 saturated heterocycles. The quantitative estimate of drug-likeness (QED) is 0.585. The number of rotatable bonds is 6. The molecule has 0 aliphatic carbocycles. The summed E-state index contributed by atoms with van der Waals surface area (Å²) in [5.74, 6) is 0.119. The lowest BCUT2D eigenvalue weighted by Crippen LogP contribution is -2.35. The van der Waals surface area contributed by atoms with Gasteiger partial charge < -0.3 is 4.90 Å². The lowest BCUT2D eigenvalue weighted by molar-refractivity contribution is -0.126. The van der Waals surface area contributed by atoms with E-state index in [9.17, 15) is 4.79 Å². The van der Waals surface area contributed by atoms with E-state index < -0.39 is 0 Å². The van der Waals surface area contributed by atoms with Crippen LogP contribution in [0.15, 0.2) is 107 Å². The van der Waals surface area contributed by atoms with Crippen molar-refractivity contribution in [2.24, 2.45) is 0 Å². The molecule has 3 aromatic rings. The third-order valence-corrected chi connectivity index (χ3v) is 5.71. The van der Waals surface area contributed by atoms with Gasteiger partial charge in [-0.05, 0) is 35.8 Å². The minimum atomic E-state index is 0.0753. The number of benzene rings is 3. The van der Waals surface area contributed by atoms with E-state index in [1.54, 1.807) is 11.8 Å². The van der Waals surface area contributed by atoms with Crippen LogP contribution in [0.4, 0.5) is 0 Å². The second-order valence-electron chi connectivity index (χ2n) is 6.62. The van der Waals surface area contributed by atoms with Crippen molar-refractivity contribution in [3.63, 3.8) is 0 Å². The number of nitrogens with zero attached hydrogens (tertiary/aromatic N) is 1. The highest BCUT2D eigenvalue weighted by Crippen LogP contribution is 2.34. The average Bonchev–Trinajstić information content (AvgIpc) is 2.99. The highest BCUT2D eigenvalue weighted by Gasteiger charge is 2.32. The van der Waals surface area contributed by atoms with Crippen molar-refractivity contribution < 1.29 is 4.79 Å². The molecule has 0 aromatic heterocycles. The van der Waals surface area contributed by atoms with Gasteiger partial charge >= 0.3 is 0 Å². The van der Waals surface area contributed by atoms with Crippen molar-refractivity contribution in [1.29, 1.82) is 0 Å². The molecule has 0 N–H and O–H groups in total. The molecule has 27 heavy (non-hydrogen) atoms. The van der Waals surface area contributed by atoms with E-state index in [0.29, 0.717) is 6.54 Å². The molecular formula is C24H21NOS. The Balaban J connectivity index is 1.58. The van der Waals surface area contributed by atoms with Crippen LogP contribution in [-0.2, 0) is 17.8 Å². The second kappa shape index (κ2) is 8.28. The Morgan fingerprint density at radius 1 is 0.741 bits per heavy atom. The van der Waals surface area contributed by atoms with E-state index >= 15 is 0 Å². The average molecular weight is 372 g/mol. The molecule has 0 unspecified atom stereocenters. The van der Waals surface area contributed by atoms with E-state index in [4.69, 9.17) is 0 Å². The fraction of sp³-hybridized carbons (Fsp3) is 0.125. The molecule has 0 fully saturated rings. The highest BCUT2D eigenvalue weighted by atomic mass is 32.2. The van der Waals surface area contributed by atoms with Gasteiger partial charge in [0.05, 0.1) is 10.9 Å². The molecule has 1 aliphatic heterocycles. The fourth-order valence-corrected chi connectivity index (χ4v) is 4.29. The third kappa shape index (κ3) is 4.32. The number of carbonyl (C=O) groups is 1. The Morgan fingerprint density at radius 3 is 1.93 bits per heavy atom. The van der Waals surface area contributed by atoms with Crippen LogP contribution in [0.25, 0.3) is 0 Å². The molecule has 0 radical (unpaired) electrons. The molecular weight excluding hydrogens is 350 g/mol. The van der Waals surface area contributed by atoms with E-state index in [2.05, 4.69) is 42.5 Å². The summed E-state index contributed by atoms with van der Waals surface area (Å²) in [5.41, 5.74) is 2.40. The molecule has 1 heterocycles. The van der Waals surface area contributed by atoms with Gasteiger partial charge in [0, 0.05) is 11.4 Å². The topological polar surface area (TPSA) is 20.3 Å². The van der Waals surface area contributed by atoms with Crippen LogP contribution < -0.4 is 0 Å². The summed E-state index contributed by atoms with van der Waals surface area (Å²) in [7, 11) is 0. The fourth-order valence-electron chi connectivity index (χ4n) is 3.32. The minimum absolute atomic E-state index is 0.0753. The van der Waals surface area contributed by atoms with Gasteiger partial charge in [0.2, 0.25) is 0 Å². The van der Waals surface area contributed by atoms with Gasteiger partial charge in [-0.25, -0.2) is 0 Å². The summed E-state index contributed by atoms with van der Waals surface area (Å²) in [5, 5.41) is 0. The van der Waals surface area contributed by atoms with Crippen LogP contribution in [-0.4, -0.2) is 16.8 Å². The molecule has 1 aliphatic rings. The van der Waals surface area contributed by atoms with Gasteiger partial charge in [-0.15, -0.1) is 0 Å². The molecule has 2 nitrogen and oxygen atoms in total. The summed E-state index contributed by atoms with van der Waals surface area (Å²) in [6.07, 6.45) is 2.97. The second-order valence-corrected chi connectivity index (χ2v) is 7.74. The van der Waals surface area contributed by atoms with Gasteiger partial charge in [0.15, 0.2) is 0 Å². The molecule has 1 amide bonds. The molecule has 0 saturated carbocycles. The third-order valence-electron chi connectivity index (χ3n) is 4.67. The van der Waals surface area contributed by atoms with Crippen molar-refractivity contribution in [3.05, 3.63) is 113 Å². The zero-order valence-corrected chi connectivity index (χ0v) is 15.8. The molecule has 3 heteroatoms. The van der Waals surface area contributed by atoms with E-state index in [1.807, 2.05) is 59.5 Å². The van der Waals surface area contributed by atoms with Gasteiger partial charge in [-0.1, -0.05) is 90.6 Å². The van der Waals surface area contributed by atoms with Crippen LogP contribution in [0.1, 0.15) is 11.1 Å². The first-order chi connectivity index (χ1) is 13.3. The molecule has 0 spiro atoms. The summed E-state index contributed by atoms with van der Waals surface area (Å²) < 4.78 is 0. The number of thioether (sulfide) groups is 1. The Labute approximate surface area is 164 Å². The van der Waals surface area contributed by atoms with Crippen LogP contribution in [0, 0.1) is 0 Å². The Hall–Kier alpha value is -2.78. The van der Waals surface area contributed by atoms with Gasteiger partial charge in [0.1, 0.15) is 0 Å². The molecule has 3 aromatic carbocycles. The van der Waals surface area contributed by atoms with E-state index in [-0.39, 0.29) is 11.9 Å². The lowest BCUT2D eigenvalue weighted by Gasteiger charge is -2.25. The standard InChI is InChI=1S/C24H21NOS/c26-24-23(27-22-14-8-3-9-15-22)17-21(16-19-10-4-1-5-11-19)25(24)18-20-12-6-2-7-13-20/h1-15,17,21H,16,18H2/t21-/m0/s1. The van der Waals surface area contributed by atoms with E-state index in [1.165, 1.54) is 5.56 Å². The van der Waals surface area contributed by atoms with Crippen molar-refractivity contribution in [1.82, 2.24) is 4.90 Å². The number of hydrogen-bond acceptors (Lipinski definition) is 2. The van der Waals surface area contributed by atoms with Gasteiger partial charge in [-0.3, -0.25) is 4.79 Å². The smallest absolute Gasteiger partial charge is 0.261 e.